The second-order valence-electron chi connectivity index (χ2n) is 6.87. The van der Waals surface area contributed by atoms with E-state index in [1.807, 2.05) is 0 Å². The van der Waals surface area contributed by atoms with Gasteiger partial charge in [-0.05, 0) is 51.0 Å². The van der Waals surface area contributed by atoms with E-state index in [0.717, 1.165) is 71.4 Å². The molecule has 3 fully saturated rings. The van der Waals surface area contributed by atoms with E-state index in [4.69, 9.17) is 14.6 Å². The lowest BCUT2D eigenvalue weighted by Crippen LogP contribution is -2.50. The first kappa shape index (κ1) is 15.3. The maximum absolute atomic E-state index is 10.7. The number of ether oxygens (including phenoxy) is 2. The predicted molar refractivity (Wildman–Crippen MR) is 78.3 cm³/mol. The van der Waals surface area contributed by atoms with Gasteiger partial charge in [0.05, 0.1) is 5.60 Å². The monoisotopic (exact) mass is 297 g/mol. The molecule has 0 aromatic carbocycles. The molecular formula is C16H27NO4. The number of rotatable bonds is 4. The van der Waals surface area contributed by atoms with Crippen molar-refractivity contribution in [1.82, 2.24) is 4.90 Å². The Kier molecular flexibility index (Phi) is 4.82. The number of likely N-dealkylation sites (tertiary alicyclic amines) is 1. The molecule has 3 heterocycles. The van der Waals surface area contributed by atoms with Crippen molar-refractivity contribution in [3.63, 3.8) is 0 Å². The van der Waals surface area contributed by atoms with Crippen LogP contribution in [-0.4, -0.2) is 60.5 Å². The zero-order valence-corrected chi connectivity index (χ0v) is 12.8. The van der Waals surface area contributed by atoms with Crippen molar-refractivity contribution in [2.24, 2.45) is 5.92 Å². The Balaban J connectivity index is 1.51. The summed E-state index contributed by atoms with van der Waals surface area (Å²) in [6.45, 7) is 4.72. The van der Waals surface area contributed by atoms with E-state index in [2.05, 4.69) is 4.90 Å². The van der Waals surface area contributed by atoms with Crippen molar-refractivity contribution < 1.29 is 19.4 Å². The summed E-state index contributed by atoms with van der Waals surface area (Å²) >= 11 is 0. The van der Waals surface area contributed by atoms with Gasteiger partial charge in [0, 0.05) is 38.8 Å². The minimum Gasteiger partial charge on any atom is -0.481 e. The van der Waals surface area contributed by atoms with Gasteiger partial charge in [-0.3, -0.25) is 9.69 Å². The van der Waals surface area contributed by atoms with E-state index in [9.17, 15) is 4.79 Å². The van der Waals surface area contributed by atoms with Gasteiger partial charge in [0.25, 0.3) is 0 Å². The van der Waals surface area contributed by atoms with E-state index < -0.39 is 5.97 Å². The van der Waals surface area contributed by atoms with Crippen LogP contribution >= 0.6 is 0 Å². The lowest BCUT2D eigenvalue weighted by molar-refractivity contribution is -0.150. The SMILES string of the molecule is O=C(O)CCC1CCN(C2CCOC3(CCOCC3)C2)C1. The Morgan fingerprint density at radius 1 is 1.24 bits per heavy atom. The van der Waals surface area contributed by atoms with Crippen LogP contribution < -0.4 is 0 Å². The number of carboxylic acids is 1. The van der Waals surface area contributed by atoms with Gasteiger partial charge in [-0.15, -0.1) is 0 Å². The van der Waals surface area contributed by atoms with Gasteiger partial charge in [0.15, 0.2) is 0 Å². The van der Waals surface area contributed by atoms with Crippen LogP contribution in [-0.2, 0) is 14.3 Å². The topological polar surface area (TPSA) is 59.0 Å². The number of carboxylic acid groups (broad SMARTS) is 1. The summed E-state index contributed by atoms with van der Waals surface area (Å²) in [5, 5.41) is 8.81. The summed E-state index contributed by atoms with van der Waals surface area (Å²) in [4.78, 5) is 13.3. The maximum atomic E-state index is 10.7. The molecule has 0 radical (unpaired) electrons. The zero-order valence-electron chi connectivity index (χ0n) is 12.8. The fourth-order valence-electron chi connectivity index (χ4n) is 4.16. The molecule has 0 aromatic rings. The van der Waals surface area contributed by atoms with Gasteiger partial charge >= 0.3 is 5.97 Å². The summed E-state index contributed by atoms with van der Waals surface area (Å²) in [6, 6.07) is 0.617. The molecule has 5 heteroatoms. The minimum absolute atomic E-state index is 0.0559. The van der Waals surface area contributed by atoms with Crippen LogP contribution in [0.5, 0.6) is 0 Å². The molecule has 0 aliphatic carbocycles. The van der Waals surface area contributed by atoms with Crippen LogP contribution in [0.2, 0.25) is 0 Å². The largest absolute Gasteiger partial charge is 0.481 e. The maximum Gasteiger partial charge on any atom is 0.303 e. The van der Waals surface area contributed by atoms with Gasteiger partial charge < -0.3 is 14.6 Å². The molecule has 0 saturated carbocycles. The summed E-state index contributed by atoms with van der Waals surface area (Å²) in [6.07, 6.45) is 6.60. The fourth-order valence-corrected chi connectivity index (χ4v) is 4.16. The highest BCUT2D eigenvalue weighted by Gasteiger charge is 2.41. The molecule has 2 atom stereocenters. The third-order valence-corrected chi connectivity index (χ3v) is 5.47. The molecule has 0 amide bonds. The van der Waals surface area contributed by atoms with Crippen LogP contribution in [0.4, 0.5) is 0 Å². The number of hydrogen-bond donors (Lipinski definition) is 1. The molecule has 3 aliphatic rings. The number of nitrogens with zero attached hydrogens (tertiary/aromatic N) is 1. The standard InChI is InChI=1S/C16H27NO4/c18-15(19)2-1-13-3-7-17(12-13)14-4-8-21-16(11-14)5-9-20-10-6-16/h13-14H,1-12H2,(H,18,19). The molecule has 3 saturated heterocycles. The molecule has 21 heavy (non-hydrogen) atoms. The number of aliphatic carboxylic acids is 1. The van der Waals surface area contributed by atoms with Gasteiger partial charge in [0.1, 0.15) is 0 Å². The van der Waals surface area contributed by atoms with Crippen LogP contribution in [0.25, 0.3) is 0 Å². The number of carbonyl (C=O) groups is 1. The molecule has 0 bridgehead atoms. The van der Waals surface area contributed by atoms with Gasteiger partial charge in [-0.1, -0.05) is 0 Å². The number of hydrogen-bond acceptors (Lipinski definition) is 4. The van der Waals surface area contributed by atoms with E-state index in [1.165, 1.54) is 0 Å². The fraction of sp³-hybridized carbons (Fsp3) is 0.938. The van der Waals surface area contributed by atoms with E-state index in [0.29, 0.717) is 18.4 Å². The average molecular weight is 297 g/mol. The second-order valence-corrected chi connectivity index (χ2v) is 6.87. The van der Waals surface area contributed by atoms with Crippen LogP contribution in [0.15, 0.2) is 0 Å². The smallest absolute Gasteiger partial charge is 0.303 e. The van der Waals surface area contributed by atoms with E-state index >= 15 is 0 Å². The molecule has 120 valence electrons. The molecule has 2 unspecified atom stereocenters. The molecule has 0 aromatic heterocycles. The summed E-state index contributed by atoms with van der Waals surface area (Å²) < 4.78 is 11.6. The van der Waals surface area contributed by atoms with Gasteiger partial charge in [-0.2, -0.15) is 0 Å². The quantitative estimate of drug-likeness (QED) is 0.859. The highest BCUT2D eigenvalue weighted by atomic mass is 16.5. The lowest BCUT2D eigenvalue weighted by Gasteiger charge is -2.45. The van der Waals surface area contributed by atoms with E-state index in [-0.39, 0.29) is 5.60 Å². The summed E-state index contributed by atoms with van der Waals surface area (Å²) in [5.74, 6) is -0.102. The Labute approximate surface area is 126 Å². The Bertz CT molecular complexity index is 362. The van der Waals surface area contributed by atoms with E-state index in [1.54, 1.807) is 0 Å². The second kappa shape index (κ2) is 6.63. The molecular weight excluding hydrogens is 270 g/mol. The molecule has 3 aliphatic heterocycles. The minimum atomic E-state index is -0.666. The van der Waals surface area contributed by atoms with Crippen molar-refractivity contribution in [3.05, 3.63) is 0 Å². The molecule has 3 rings (SSSR count). The molecule has 1 spiro atoms. The third-order valence-electron chi connectivity index (χ3n) is 5.47. The zero-order chi connectivity index (χ0) is 14.7. The first-order chi connectivity index (χ1) is 10.2. The first-order valence-corrected chi connectivity index (χ1v) is 8.34. The Hall–Kier alpha value is -0.650. The summed E-state index contributed by atoms with van der Waals surface area (Å²) in [5.41, 5.74) is 0.0559. The molecule has 5 nitrogen and oxygen atoms in total. The van der Waals surface area contributed by atoms with Gasteiger partial charge in [0.2, 0.25) is 0 Å². The van der Waals surface area contributed by atoms with Crippen molar-refractivity contribution in [2.75, 3.05) is 32.9 Å². The highest BCUT2D eigenvalue weighted by Crippen LogP contribution is 2.37. The van der Waals surface area contributed by atoms with Crippen LogP contribution in [0.3, 0.4) is 0 Å². The molecule has 1 N–H and O–H groups in total. The Morgan fingerprint density at radius 2 is 2.05 bits per heavy atom. The average Bonchev–Trinajstić information content (AvgIpc) is 2.95. The summed E-state index contributed by atoms with van der Waals surface area (Å²) in [7, 11) is 0. The lowest BCUT2D eigenvalue weighted by atomic mass is 9.83. The first-order valence-electron chi connectivity index (χ1n) is 8.34. The normalized spacial score (nSPS) is 33.3. The third kappa shape index (κ3) is 3.76. The van der Waals surface area contributed by atoms with Crippen molar-refractivity contribution in [1.29, 1.82) is 0 Å². The highest BCUT2D eigenvalue weighted by molar-refractivity contribution is 5.66. The van der Waals surface area contributed by atoms with Crippen molar-refractivity contribution >= 4 is 5.97 Å². The van der Waals surface area contributed by atoms with Crippen molar-refractivity contribution in [2.45, 2.75) is 56.6 Å². The van der Waals surface area contributed by atoms with Crippen LogP contribution in [0, 0.1) is 5.92 Å². The van der Waals surface area contributed by atoms with Gasteiger partial charge in [-0.25, -0.2) is 0 Å². The van der Waals surface area contributed by atoms with Crippen molar-refractivity contribution in [3.8, 4) is 0 Å². The van der Waals surface area contributed by atoms with Crippen LogP contribution in [0.1, 0.15) is 44.9 Å². The Morgan fingerprint density at radius 3 is 2.81 bits per heavy atom. The predicted octanol–water partition coefficient (Wildman–Crippen LogP) is 1.90.